The summed E-state index contributed by atoms with van der Waals surface area (Å²) in [4.78, 5) is 25.7. The van der Waals surface area contributed by atoms with Crippen LogP contribution in [0.5, 0.6) is 0 Å². The number of H-pyrrole nitrogens is 1. The molecule has 26 heavy (non-hydrogen) atoms. The van der Waals surface area contributed by atoms with Crippen molar-refractivity contribution in [2.24, 2.45) is 0 Å². The van der Waals surface area contributed by atoms with Crippen LogP contribution in [0.1, 0.15) is 35.1 Å². The number of hydrogen-bond donors (Lipinski definition) is 1. The molecule has 0 amide bonds. The Morgan fingerprint density at radius 3 is 2.88 bits per heavy atom. The van der Waals surface area contributed by atoms with Crippen molar-refractivity contribution in [3.8, 4) is 0 Å². The first kappa shape index (κ1) is 16.7. The maximum Gasteiger partial charge on any atom is 0.251 e. The molecule has 0 aliphatic carbocycles. The summed E-state index contributed by atoms with van der Waals surface area (Å²) in [6.45, 7) is 5.47. The Kier molecular flexibility index (Phi) is 4.67. The summed E-state index contributed by atoms with van der Waals surface area (Å²) in [6.07, 6.45) is 4.88. The maximum atomic E-state index is 11.7. The van der Waals surface area contributed by atoms with E-state index in [1.165, 1.54) is 11.3 Å². The monoisotopic (exact) mass is 349 g/mol. The highest BCUT2D eigenvalue weighted by molar-refractivity contribution is 5.16. The van der Waals surface area contributed by atoms with E-state index < -0.39 is 0 Å². The quantitative estimate of drug-likeness (QED) is 0.768. The third-order valence-corrected chi connectivity index (χ3v) is 4.95. The lowest BCUT2D eigenvalue weighted by Gasteiger charge is -2.17. The van der Waals surface area contributed by atoms with Gasteiger partial charge in [-0.3, -0.25) is 9.69 Å². The lowest BCUT2D eigenvalue weighted by atomic mass is 10.0. The van der Waals surface area contributed by atoms with Crippen molar-refractivity contribution in [1.29, 1.82) is 0 Å². The predicted octanol–water partition coefficient (Wildman–Crippen LogP) is 2.31. The molecule has 134 valence electrons. The minimum Gasteiger partial charge on any atom is -0.329 e. The van der Waals surface area contributed by atoms with Crippen LogP contribution < -0.4 is 5.56 Å². The van der Waals surface area contributed by atoms with Crippen molar-refractivity contribution in [3.63, 3.8) is 0 Å². The molecule has 1 aromatic carbocycles. The molecule has 1 N–H and O–H groups in total. The van der Waals surface area contributed by atoms with Gasteiger partial charge in [-0.25, -0.2) is 9.97 Å². The van der Waals surface area contributed by atoms with Gasteiger partial charge in [0.25, 0.3) is 5.56 Å². The third kappa shape index (κ3) is 3.75. The first-order chi connectivity index (χ1) is 12.7. The van der Waals surface area contributed by atoms with Gasteiger partial charge in [-0.15, -0.1) is 0 Å². The Hall–Kier alpha value is -2.73. The van der Waals surface area contributed by atoms with E-state index in [9.17, 15) is 4.79 Å². The zero-order valence-electron chi connectivity index (χ0n) is 14.9. The number of rotatable bonds is 5. The van der Waals surface area contributed by atoms with Crippen molar-refractivity contribution < 1.29 is 0 Å². The van der Waals surface area contributed by atoms with Gasteiger partial charge in [0.2, 0.25) is 0 Å². The van der Waals surface area contributed by atoms with Gasteiger partial charge in [0.05, 0.1) is 17.7 Å². The molecule has 3 heterocycles. The van der Waals surface area contributed by atoms with Crippen LogP contribution in [0.4, 0.5) is 0 Å². The lowest BCUT2D eigenvalue weighted by Crippen LogP contribution is -2.22. The van der Waals surface area contributed by atoms with Gasteiger partial charge in [0.15, 0.2) is 0 Å². The fourth-order valence-corrected chi connectivity index (χ4v) is 3.66. The van der Waals surface area contributed by atoms with Crippen molar-refractivity contribution in [3.05, 3.63) is 82.1 Å². The Balaban J connectivity index is 1.43. The molecule has 1 aliphatic rings. The normalized spacial score (nSPS) is 17.7. The summed E-state index contributed by atoms with van der Waals surface area (Å²) >= 11 is 0. The van der Waals surface area contributed by atoms with E-state index in [2.05, 4.69) is 48.7 Å². The summed E-state index contributed by atoms with van der Waals surface area (Å²) in [5.74, 6) is 1.01. The van der Waals surface area contributed by atoms with Gasteiger partial charge in [-0.1, -0.05) is 30.3 Å². The third-order valence-electron chi connectivity index (χ3n) is 4.95. The molecule has 0 bridgehead atoms. The smallest absolute Gasteiger partial charge is 0.251 e. The van der Waals surface area contributed by atoms with Crippen molar-refractivity contribution >= 4 is 0 Å². The van der Waals surface area contributed by atoms with E-state index in [1.54, 1.807) is 6.07 Å². The average molecular weight is 349 g/mol. The Morgan fingerprint density at radius 1 is 1.23 bits per heavy atom. The van der Waals surface area contributed by atoms with Crippen molar-refractivity contribution in [2.75, 3.05) is 13.1 Å². The number of likely N-dealkylation sites (tertiary alicyclic amines) is 1. The molecule has 1 atom stereocenters. The second-order valence-electron chi connectivity index (χ2n) is 6.97. The van der Waals surface area contributed by atoms with Gasteiger partial charge in [-0.2, -0.15) is 0 Å². The summed E-state index contributed by atoms with van der Waals surface area (Å²) < 4.78 is 2.21. The number of hydrogen-bond acceptors (Lipinski definition) is 4. The molecular weight excluding hydrogens is 326 g/mol. The van der Waals surface area contributed by atoms with Gasteiger partial charge >= 0.3 is 0 Å². The van der Waals surface area contributed by atoms with Gasteiger partial charge in [0, 0.05) is 37.8 Å². The van der Waals surface area contributed by atoms with Crippen LogP contribution in [-0.2, 0) is 13.1 Å². The number of aromatic amines is 1. The first-order valence-electron chi connectivity index (χ1n) is 9.00. The number of aromatic nitrogens is 4. The molecule has 4 rings (SSSR count). The molecule has 1 unspecified atom stereocenters. The summed E-state index contributed by atoms with van der Waals surface area (Å²) in [5, 5.41) is 0. The van der Waals surface area contributed by atoms with E-state index in [1.807, 2.05) is 25.5 Å². The Labute approximate surface area is 152 Å². The molecule has 0 saturated carbocycles. The average Bonchev–Trinajstić information content (AvgIpc) is 3.25. The molecule has 6 heteroatoms. The molecule has 2 aromatic heterocycles. The summed E-state index contributed by atoms with van der Waals surface area (Å²) in [5.41, 5.74) is 3.33. The first-order valence-corrected chi connectivity index (χ1v) is 9.00. The number of benzene rings is 1. The molecular formula is C20H23N5O. The second-order valence-corrected chi connectivity index (χ2v) is 6.97. The van der Waals surface area contributed by atoms with E-state index in [4.69, 9.17) is 0 Å². The van der Waals surface area contributed by atoms with Gasteiger partial charge in [0.1, 0.15) is 5.82 Å². The topological polar surface area (TPSA) is 66.8 Å². The number of nitrogens with one attached hydrogen (secondary N) is 1. The minimum atomic E-state index is -0.0631. The molecule has 0 spiro atoms. The van der Waals surface area contributed by atoms with Crippen LogP contribution in [0.15, 0.2) is 53.7 Å². The molecule has 1 saturated heterocycles. The minimum absolute atomic E-state index is 0.0631. The van der Waals surface area contributed by atoms with E-state index in [-0.39, 0.29) is 5.56 Å². The standard InChI is InChI=1S/C20H23N5O/c1-15-22-19(9-20(26)23-15)17-7-8-24(12-17)13-18-10-21-14-25(18)11-16-5-3-2-4-6-16/h2-6,9-10,14,17H,7-8,11-13H2,1H3,(H,22,23,26). The largest absolute Gasteiger partial charge is 0.329 e. The number of nitrogens with zero attached hydrogens (tertiary/aromatic N) is 4. The van der Waals surface area contributed by atoms with Crippen LogP contribution >= 0.6 is 0 Å². The van der Waals surface area contributed by atoms with E-state index >= 15 is 0 Å². The predicted molar refractivity (Wildman–Crippen MR) is 100 cm³/mol. The molecule has 3 aromatic rings. The molecule has 1 aliphatic heterocycles. The highest BCUT2D eigenvalue weighted by Crippen LogP contribution is 2.26. The zero-order chi connectivity index (χ0) is 17.9. The second kappa shape index (κ2) is 7.25. The van der Waals surface area contributed by atoms with Crippen LogP contribution in [0.2, 0.25) is 0 Å². The summed E-state index contributed by atoms with van der Waals surface area (Å²) in [6, 6.07) is 12.1. The number of aryl methyl sites for hydroxylation is 1. The Bertz CT molecular complexity index is 931. The fourth-order valence-electron chi connectivity index (χ4n) is 3.66. The van der Waals surface area contributed by atoms with Crippen LogP contribution in [-0.4, -0.2) is 37.5 Å². The van der Waals surface area contributed by atoms with Crippen LogP contribution in [0, 0.1) is 6.92 Å². The lowest BCUT2D eigenvalue weighted by molar-refractivity contribution is 0.317. The molecule has 1 fully saturated rings. The highest BCUT2D eigenvalue weighted by atomic mass is 16.1. The van der Waals surface area contributed by atoms with Gasteiger partial charge in [-0.05, 0) is 25.5 Å². The molecule has 0 radical (unpaired) electrons. The highest BCUT2D eigenvalue weighted by Gasteiger charge is 2.26. The van der Waals surface area contributed by atoms with Crippen molar-refractivity contribution in [1.82, 2.24) is 24.4 Å². The van der Waals surface area contributed by atoms with Crippen LogP contribution in [0.3, 0.4) is 0 Å². The zero-order valence-corrected chi connectivity index (χ0v) is 14.9. The van der Waals surface area contributed by atoms with E-state index in [0.717, 1.165) is 38.3 Å². The van der Waals surface area contributed by atoms with E-state index in [0.29, 0.717) is 11.7 Å². The maximum absolute atomic E-state index is 11.7. The van der Waals surface area contributed by atoms with Gasteiger partial charge < -0.3 is 9.55 Å². The molecule has 6 nitrogen and oxygen atoms in total. The summed E-state index contributed by atoms with van der Waals surface area (Å²) in [7, 11) is 0. The van der Waals surface area contributed by atoms with Crippen molar-refractivity contribution in [2.45, 2.75) is 32.4 Å². The SMILES string of the molecule is Cc1nc(C2CCN(Cc3cncn3Cc3ccccc3)C2)cc(=O)[nH]1. The fraction of sp³-hybridized carbons (Fsp3) is 0.350. The van der Waals surface area contributed by atoms with Crippen LogP contribution in [0.25, 0.3) is 0 Å². The number of imidazole rings is 1. The Morgan fingerprint density at radius 2 is 2.08 bits per heavy atom.